The summed E-state index contributed by atoms with van der Waals surface area (Å²) in [5.74, 6) is 1.21. The Hall–Kier alpha value is -1.68. The molecule has 0 radical (unpaired) electrons. The van der Waals surface area contributed by atoms with Gasteiger partial charge in [-0.25, -0.2) is 0 Å². The molecule has 2 fully saturated rings. The molecule has 1 aromatic rings. The topological polar surface area (TPSA) is 63.2 Å². The molecule has 0 heterocycles. The minimum absolute atomic E-state index is 0.0706. The minimum atomic E-state index is -0.456. The maximum absolute atomic E-state index is 12.4. The molecule has 3 rings (SSSR count). The van der Waals surface area contributed by atoms with Crippen LogP contribution in [0.15, 0.2) is 24.3 Å². The van der Waals surface area contributed by atoms with Gasteiger partial charge in [-0.1, -0.05) is 18.5 Å². The lowest BCUT2D eigenvalue weighted by molar-refractivity contribution is -0.121. The maximum Gasteiger partial charge on any atom is 0.251 e. The van der Waals surface area contributed by atoms with Crippen LogP contribution in [0.2, 0.25) is 5.02 Å². The number of carbonyl (C=O) groups is 3. The predicted molar refractivity (Wildman–Crippen MR) is 91.8 cm³/mol. The maximum atomic E-state index is 12.4. The molecule has 5 heteroatoms. The Kier molecular flexibility index (Phi) is 5.04. The number of rotatable bonds is 7. The summed E-state index contributed by atoms with van der Waals surface area (Å²) < 4.78 is 0. The van der Waals surface area contributed by atoms with Gasteiger partial charge in [0.15, 0.2) is 0 Å². The highest BCUT2D eigenvalue weighted by molar-refractivity contribution is 6.30. The fourth-order valence-electron chi connectivity index (χ4n) is 4.42. The SMILES string of the molecule is CC[C@@H](NC(=O)c1ccc(Cl)cc1)C1[C@@H]2CC(C(C=O)C=O)C[C@@H]12. The first kappa shape index (κ1) is 17.2. The lowest BCUT2D eigenvalue weighted by atomic mass is 9.87. The van der Waals surface area contributed by atoms with E-state index in [1.54, 1.807) is 24.3 Å². The fourth-order valence-corrected chi connectivity index (χ4v) is 4.55. The summed E-state index contributed by atoms with van der Waals surface area (Å²) in [6.07, 6.45) is 4.27. The molecule has 0 saturated heterocycles. The van der Waals surface area contributed by atoms with E-state index in [2.05, 4.69) is 12.2 Å². The molecule has 3 atom stereocenters. The number of amides is 1. The van der Waals surface area contributed by atoms with E-state index in [1.165, 1.54) is 0 Å². The van der Waals surface area contributed by atoms with Crippen LogP contribution < -0.4 is 5.32 Å². The molecule has 128 valence electrons. The smallest absolute Gasteiger partial charge is 0.251 e. The van der Waals surface area contributed by atoms with E-state index in [-0.39, 0.29) is 17.9 Å². The Balaban J connectivity index is 1.57. The van der Waals surface area contributed by atoms with Crippen molar-refractivity contribution in [2.75, 3.05) is 0 Å². The lowest BCUT2D eigenvalue weighted by Crippen LogP contribution is -2.37. The van der Waals surface area contributed by atoms with Gasteiger partial charge in [0.05, 0.1) is 5.92 Å². The molecule has 2 aliphatic rings. The molecule has 24 heavy (non-hydrogen) atoms. The van der Waals surface area contributed by atoms with Crippen LogP contribution in [0, 0.1) is 29.6 Å². The van der Waals surface area contributed by atoms with E-state index in [9.17, 15) is 14.4 Å². The standard InChI is InChI=1S/C19H22ClNO3/c1-2-17(21-19(24)11-3-5-14(20)6-4-11)18-15-7-12(8-16(15)18)13(9-22)10-23/h3-6,9-10,12-13,15-18H,2,7-8H2,1H3,(H,21,24)/t12?,15-,16-,17-,18?/m1/s1. The van der Waals surface area contributed by atoms with Gasteiger partial charge in [-0.3, -0.25) is 4.79 Å². The van der Waals surface area contributed by atoms with Crippen molar-refractivity contribution in [2.24, 2.45) is 29.6 Å². The van der Waals surface area contributed by atoms with E-state index in [4.69, 9.17) is 11.6 Å². The van der Waals surface area contributed by atoms with Crippen molar-refractivity contribution >= 4 is 30.1 Å². The van der Waals surface area contributed by atoms with E-state index >= 15 is 0 Å². The number of carbonyl (C=O) groups excluding carboxylic acids is 3. The first-order chi connectivity index (χ1) is 11.6. The summed E-state index contributed by atoms with van der Waals surface area (Å²) in [6.45, 7) is 2.08. The van der Waals surface area contributed by atoms with Crippen molar-refractivity contribution in [3.8, 4) is 0 Å². The number of fused-ring (bicyclic) bond motifs is 1. The van der Waals surface area contributed by atoms with Gasteiger partial charge in [-0.05, 0) is 67.2 Å². The Morgan fingerprint density at radius 2 is 1.79 bits per heavy atom. The molecule has 0 unspecified atom stereocenters. The quantitative estimate of drug-likeness (QED) is 0.608. The summed E-state index contributed by atoms with van der Waals surface area (Å²) in [4.78, 5) is 34.3. The van der Waals surface area contributed by atoms with Crippen LogP contribution in [0.1, 0.15) is 36.5 Å². The van der Waals surface area contributed by atoms with E-state index < -0.39 is 5.92 Å². The monoisotopic (exact) mass is 347 g/mol. The third-order valence-corrected chi connectivity index (χ3v) is 5.99. The van der Waals surface area contributed by atoms with E-state index in [1.807, 2.05) is 0 Å². The highest BCUT2D eigenvalue weighted by Crippen LogP contribution is 2.62. The Morgan fingerprint density at radius 1 is 1.21 bits per heavy atom. The van der Waals surface area contributed by atoms with Gasteiger partial charge in [-0.15, -0.1) is 0 Å². The first-order valence-electron chi connectivity index (χ1n) is 8.56. The summed E-state index contributed by atoms with van der Waals surface area (Å²) in [7, 11) is 0. The number of hydrogen-bond acceptors (Lipinski definition) is 3. The Bertz CT molecular complexity index is 610. The molecule has 0 bridgehead atoms. The number of nitrogens with one attached hydrogen (secondary N) is 1. The average Bonchev–Trinajstić information content (AvgIpc) is 3.07. The molecule has 4 nitrogen and oxygen atoms in total. The van der Waals surface area contributed by atoms with Crippen LogP contribution in [0.5, 0.6) is 0 Å². The molecule has 2 saturated carbocycles. The van der Waals surface area contributed by atoms with Crippen LogP contribution in [-0.2, 0) is 9.59 Å². The van der Waals surface area contributed by atoms with Gasteiger partial charge in [0.25, 0.3) is 5.91 Å². The zero-order chi connectivity index (χ0) is 17.3. The zero-order valence-electron chi connectivity index (χ0n) is 13.7. The normalized spacial score (nSPS) is 26.7. The predicted octanol–water partition coefficient (Wildman–Crippen LogP) is 3.13. The highest BCUT2D eigenvalue weighted by atomic mass is 35.5. The van der Waals surface area contributed by atoms with Crippen LogP contribution in [0.4, 0.5) is 0 Å². The van der Waals surface area contributed by atoms with Crippen LogP contribution in [0.25, 0.3) is 0 Å². The molecule has 0 aliphatic heterocycles. The fraction of sp³-hybridized carbons (Fsp3) is 0.526. The van der Waals surface area contributed by atoms with Gasteiger partial charge >= 0.3 is 0 Å². The summed E-state index contributed by atoms with van der Waals surface area (Å²) in [5, 5.41) is 3.76. The second-order valence-electron chi connectivity index (χ2n) is 6.98. The van der Waals surface area contributed by atoms with Crippen molar-refractivity contribution < 1.29 is 14.4 Å². The summed E-state index contributed by atoms with van der Waals surface area (Å²) >= 11 is 5.86. The molecule has 0 aromatic heterocycles. The van der Waals surface area contributed by atoms with E-state index in [0.717, 1.165) is 31.8 Å². The second kappa shape index (κ2) is 7.06. The van der Waals surface area contributed by atoms with Gasteiger partial charge in [0.2, 0.25) is 0 Å². The van der Waals surface area contributed by atoms with Crippen LogP contribution in [0.3, 0.4) is 0 Å². The van der Waals surface area contributed by atoms with Crippen molar-refractivity contribution in [1.82, 2.24) is 5.32 Å². The highest BCUT2D eigenvalue weighted by Gasteiger charge is 2.59. The molecule has 1 N–H and O–H groups in total. The van der Waals surface area contributed by atoms with Crippen molar-refractivity contribution in [3.05, 3.63) is 34.9 Å². The van der Waals surface area contributed by atoms with Crippen molar-refractivity contribution in [2.45, 2.75) is 32.2 Å². The van der Waals surface area contributed by atoms with Crippen molar-refractivity contribution in [1.29, 1.82) is 0 Å². The lowest BCUT2D eigenvalue weighted by Gasteiger charge is -2.22. The number of benzene rings is 1. The largest absolute Gasteiger partial charge is 0.349 e. The molecular formula is C19H22ClNO3. The minimum Gasteiger partial charge on any atom is -0.349 e. The first-order valence-corrected chi connectivity index (χ1v) is 8.93. The average molecular weight is 348 g/mol. The molecule has 1 aromatic carbocycles. The number of aldehydes is 2. The van der Waals surface area contributed by atoms with Crippen LogP contribution in [-0.4, -0.2) is 24.5 Å². The summed E-state index contributed by atoms with van der Waals surface area (Å²) in [6, 6.07) is 7.04. The number of halogens is 1. The van der Waals surface area contributed by atoms with Crippen molar-refractivity contribution in [3.63, 3.8) is 0 Å². The zero-order valence-corrected chi connectivity index (χ0v) is 14.4. The number of hydrogen-bond donors (Lipinski definition) is 1. The van der Waals surface area contributed by atoms with Crippen LogP contribution >= 0.6 is 11.6 Å². The molecule has 1 amide bonds. The summed E-state index contributed by atoms with van der Waals surface area (Å²) in [5.41, 5.74) is 0.614. The Morgan fingerprint density at radius 3 is 2.29 bits per heavy atom. The van der Waals surface area contributed by atoms with E-state index in [0.29, 0.717) is 28.3 Å². The van der Waals surface area contributed by atoms with Gasteiger partial charge < -0.3 is 14.9 Å². The third kappa shape index (κ3) is 3.25. The van der Waals surface area contributed by atoms with Gasteiger partial charge in [0.1, 0.15) is 12.6 Å². The third-order valence-electron chi connectivity index (χ3n) is 5.73. The molecule has 2 aliphatic carbocycles. The Labute approximate surface area is 147 Å². The molecule has 0 spiro atoms. The molecular weight excluding hydrogens is 326 g/mol. The second-order valence-corrected chi connectivity index (χ2v) is 7.42. The van der Waals surface area contributed by atoms with Gasteiger partial charge in [0, 0.05) is 16.6 Å². The van der Waals surface area contributed by atoms with Gasteiger partial charge in [-0.2, -0.15) is 0 Å².